The standard InChI is InChI=1S/C25H29N5O2/c1-28(2)15-17-3-5-18(6-4-17)19-9-11-22(12-10-19)30-23(26-27-25(30)32)21-13-14-29(16-21)24(31)20-7-8-20/h3-6,9-12,20-21H,7-8,13-16H2,1-2H3,(H,27,32). The molecule has 1 unspecified atom stereocenters. The van der Waals surface area contributed by atoms with Crippen LogP contribution in [0.15, 0.2) is 53.3 Å². The number of hydrogen-bond donors (Lipinski definition) is 1. The highest BCUT2D eigenvalue weighted by atomic mass is 16.2. The first-order chi connectivity index (χ1) is 15.5. The number of hydrogen-bond acceptors (Lipinski definition) is 4. The van der Waals surface area contributed by atoms with Crippen LogP contribution in [0.4, 0.5) is 0 Å². The lowest BCUT2D eigenvalue weighted by Gasteiger charge is -2.16. The van der Waals surface area contributed by atoms with Crippen LogP contribution in [0, 0.1) is 5.92 Å². The Morgan fingerprint density at radius 2 is 1.69 bits per heavy atom. The number of benzene rings is 2. The van der Waals surface area contributed by atoms with Gasteiger partial charge in [-0.2, -0.15) is 5.10 Å². The van der Waals surface area contributed by atoms with E-state index in [0.29, 0.717) is 12.4 Å². The van der Waals surface area contributed by atoms with Gasteiger partial charge in [0.25, 0.3) is 0 Å². The molecule has 1 amide bonds. The molecule has 166 valence electrons. The van der Waals surface area contributed by atoms with E-state index in [2.05, 4.69) is 53.5 Å². The zero-order valence-electron chi connectivity index (χ0n) is 18.6. The van der Waals surface area contributed by atoms with Crippen LogP contribution < -0.4 is 5.69 Å². The maximum atomic E-state index is 12.6. The second-order valence-electron chi connectivity index (χ2n) is 9.25. The Labute approximate surface area is 187 Å². The number of nitrogens with one attached hydrogen (secondary N) is 1. The fourth-order valence-corrected chi connectivity index (χ4v) is 4.56. The predicted molar refractivity (Wildman–Crippen MR) is 124 cm³/mol. The van der Waals surface area contributed by atoms with E-state index >= 15 is 0 Å². The Balaban J connectivity index is 1.35. The average Bonchev–Trinajstić information content (AvgIpc) is 3.40. The minimum absolute atomic E-state index is 0.0700. The number of carbonyl (C=O) groups excluding carboxylic acids is 1. The third-order valence-electron chi connectivity index (χ3n) is 6.40. The Morgan fingerprint density at radius 1 is 1.03 bits per heavy atom. The highest BCUT2D eigenvalue weighted by Gasteiger charge is 2.38. The average molecular weight is 432 g/mol. The van der Waals surface area contributed by atoms with E-state index in [0.717, 1.165) is 49.2 Å². The van der Waals surface area contributed by atoms with Gasteiger partial charge in [-0.05, 0) is 62.2 Å². The lowest BCUT2D eigenvalue weighted by Crippen LogP contribution is -2.30. The minimum atomic E-state index is -0.243. The first-order valence-electron chi connectivity index (χ1n) is 11.3. The SMILES string of the molecule is CN(C)Cc1ccc(-c2ccc(-n3c(C4CCN(C(=O)C5CC5)C4)n[nH]c3=O)cc2)cc1. The van der Waals surface area contributed by atoms with Crippen molar-refractivity contribution < 1.29 is 4.79 Å². The van der Waals surface area contributed by atoms with Crippen LogP contribution in [0.3, 0.4) is 0 Å². The van der Waals surface area contributed by atoms with Gasteiger partial charge in [0.2, 0.25) is 5.91 Å². The van der Waals surface area contributed by atoms with Crippen LogP contribution in [-0.4, -0.2) is 57.7 Å². The quantitative estimate of drug-likeness (QED) is 0.651. The summed E-state index contributed by atoms with van der Waals surface area (Å²) in [6.45, 7) is 2.29. The molecule has 1 aliphatic heterocycles. The number of aromatic amines is 1. The number of carbonyl (C=O) groups is 1. The Bertz CT molecular complexity index is 1160. The largest absolute Gasteiger partial charge is 0.347 e. The molecule has 0 radical (unpaired) electrons. The smallest absolute Gasteiger partial charge is 0.342 e. The number of amides is 1. The van der Waals surface area contributed by atoms with Crippen LogP contribution >= 0.6 is 0 Å². The zero-order chi connectivity index (χ0) is 22.2. The summed E-state index contributed by atoms with van der Waals surface area (Å²) < 4.78 is 1.65. The van der Waals surface area contributed by atoms with Crippen molar-refractivity contribution in [2.45, 2.75) is 31.7 Å². The summed E-state index contributed by atoms with van der Waals surface area (Å²) in [5.41, 5.74) is 4.07. The molecule has 0 spiro atoms. The van der Waals surface area contributed by atoms with E-state index in [1.165, 1.54) is 5.56 Å². The second-order valence-corrected chi connectivity index (χ2v) is 9.25. The number of nitrogens with zero attached hydrogens (tertiary/aromatic N) is 4. The van der Waals surface area contributed by atoms with Gasteiger partial charge in [0.15, 0.2) is 0 Å². The third-order valence-corrected chi connectivity index (χ3v) is 6.40. The van der Waals surface area contributed by atoms with Gasteiger partial charge in [-0.15, -0.1) is 0 Å². The Kier molecular flexibility index (Phi) is 5.43. The summed E-state index contributed by atoms with van der Waals surface area (Å²) in [7, 11) is 4.12. The van der Waals surface area contributed by atoms with Gasteiger partial charge in [0.1, 0.15) is 5.82 Å². The molecular weight excluding hydrogens is 402 g/mol. The predicted octanol–water partition coefficient (Wildman–Crippen LogP) is 3.02. The summed E-state index contributed by atoms with van der Waals surface area (Å²) in [5, 5.41) is 6.94. The molecule has 3 aromatic rings. The van der Waals surface area contributed by atoms with Crippen molar-refractivity contribution in [2.75, 3.05) is 27.2 Å². The summed E-state index contributed by atoms with van der Waals surface area (Å²) in [5.74, 6) is 1.26. The van der Waals surface area contributed by atoms with E-state index < -0.39 is 0 Å². The maximum absolute atomic E-state index is 12.6. The van der Waals surface area contributed by atoms with E-state index in [-0.39, 0.29) is 23.4 Å². The fraction of sp³-hybridized carbons (Fsp3) is 0.400. The second kappa shape index (κ2) is 8.39. The zero-order valence-corrected chi connectivity index (χ0v) is 18.6. The molecule has 7 heteroatoms. The summed E-state index contributed by atoms with van der Waals surface area (Å²) in [6, 6.07) is 16.6. The normalized spacial score (nSPS) is 18.5. The number of likely N-dealkylation sites (tertiary alicyclic amines) is 1. The van der Waals surface area contributed by atoms with Gasteiger partial charge in [-0.25, -0.2) is 14.5 Å². The van der Waals surface area contributed by atoms with E-state index in [1.807, 2.05) is 29.2 Å². The van der Waals surface area contributed by atoms with Crippen LogP contribution in [0.2, 0.25) is 0 Å². The highest BCUT2D eigenvalue weighted by molar-refractivity contribution is 5.81. The first-order valence-corrected chi connectivity index (χ1v) is 11.3. The maximum Gasteiger partial charge on any atom is 0.347 e. The van der Waals surface area contributed by atoms with Crippen LogP contribution in [0.5, 0.6) is 0 Å². The van der Waals surface area contributed by atoms with Gasteiger partial charge in [-0.1, -0.05) is 36.4 Å². The molecule has 5 rings (SSSR count). The molecule has 32 heavy (non-hydrogen) atoms. The van der Waals surface area contributed by atoms with Crippen LogP contribution in [0.1, 0.15) is 36.6 Å². The van der Waals surface area contributed by atoms with Crippen LogP contribution in [-0.2, 0) is 11.3 Å². The van der Waals surface area contributed by atoms with Crippen molar-refractivity contribution in [3.63, 3.8) is 0 Å². The summed E-state index contributed by atoms with van der Waals surface area (Å²) in [6.07, 6.45) is 2.86. The molecule has 7 nitrogen and oxygen atoms in total. The molecular formula is C25H29N5O2. The van der Waals surface area contributed by atoms with E-state index in [4.69, 9.17) is 0 Å². The molecule has 1 saturated heterocycles. The molecule has 1 aromatic heterocycles. The Morgan fingerprint density at radius 3 is 2.31 bits per heavy atom. The third kappa shape index (κ3) is 4.12. The number of rotatable bonds is 6. The summed E-state index contributed by atoms with van der Waals surface area (Å²) in [4.78, 5) is 29.1. The number of aromatic nitrogens is 3. The topological polar surface area (TPSA) is 74.2 Å². The molecule has 1 atom stereocenters. The number of H-pyrrole nitrogens is 1. The molecule has 2 fully saturated rings. The van der Waals surface area contributed by atoms with Gasteiger partial charge >= 0.3 is 5.69 Å². The molecule has 2 aliphatic rings. The van der Waals surface area contributed by atoms with Crippen molar-refractivity contribution in [1.29, 1.82) is 0 Å². The molecule has 2 aromatic carbocycles. The molecule has 1 N–H and O–H groups in total. The molecule has 1 aliphatic carbocycles. The molecule has 0 bridgehead atoms. The van der Waals surface area contributed by atoms with Gasteiger partial charge in [0.05, 0.1) is 5.69 Å². The molecule has 1 saturated carbocycles. The van der Waals surface area contributed by atoms with Crippen molar-refractivity contribution in [1.82, 2.24) is 24.6 Å². The van der Waals surface area contributed by atoms with E-state index in [9.17, 15) is 9.59 Å². The van der Waals surface area contributed by atoms with Crippen molar-refractivity contribution >= 4 is 5.91 Å². The van der Waals surface area contributed by atoms with Crippen LogP contribution in [0.25, 0.3) is 16.8 Å². The monoisotopic (exact) mass is 431 g/mol. The lowest BCUT2D eigenvalue weighted by molar-refractivity contribution is -0.131. The first kappa shape index (κ1) is 20.7. The van der Waals surface area contributed by atoms with Crippen molar-refractivity contribution in [3.8, 4) is 16.8 Å². The van der Waals surface area contributed by atoms with E-state index in [1.54, 1.807) is 4.57 Å². The van der Waals surface area contributed by atoms with Crippen molar-refractivity contribution in [3.05, 3.63) is 70.4 Å². The highest BCUT2D eigenvalue weighted by Crippen LogP contribution is 2.35. The minimum Gasteiger partial charge on any atom is -0.342 e. The molecule has 2 heterocycles. The summed E-state index contributed by atoms with van der Waals surface area (Å²) >= 11 is 0. The van der Waals surface area contributed by atoms with Gasteiger partial charge in [-0.3, -0.25) is 4.79 Å². The fourth-order valence-electron chi connectivity index (χ4n) is 4.56. The van der Waals surface area contributed by atoms with Gasteiger partial charge in [0, 0.05) is 31.5 Å². The Hall–Kier alpha value is -3.19. The van der Waals surface area contributed by atoms with Gasteiger partial charge < -0.3 is 9.80 Å². The van der Waals surface area contributed by atoms with Crippen molar-refractivity contribution in [2.24, 2.45) is 5.92 Å². The lowest BCUT2D eigenvalue weighted by atomic mass is 10.0.